The summed E-state index contributed by atoms with van der Waals surface area (Å²) in [6.45, 7) is 1.88. The van der Waals surface area contributed by atoms with E-state index >= 15 is 0 Å². The number of nitrogens with zero attached hydrogens (tertiary/aromatic N) is 1. The molecular formula is C27H26N2O5. The van der Waals surface area contributed by atoms with Gasteiger partial charge in [-0.05, 0) is 35.7 Å². The highest BCUT2D eigenvalue weighted by molar-refractivity contribution is 6.17. The molecule has 174 valence electrons. The van der Waals surface area contributed by atoms with Crippen LogP contribution in [-0.2, 0) is 27.3 Å². The molecule has 0 spiro atoms. The number of carbonyl (C=O) groups excluding carboxylic acids is 3. The Kier molecular flexibility index (Phi) is 6.63. The zero-order valence-corrected chi connectivity index (χ0v) is 19.1. The summed E-state index contributed by atoms with van der Waals surface area (Å²) in [5.41, 5.74) is 0.253. The molecule has 1 aliphatic heterocycles. The van der Waals surface area contributed by atoms with Crippen molar-refractivity contribution in [1.82, 2.24) is 10.2 Å². The molecule has 4 rings (SSSR count). The number of nitrogens with one attached hydrogen (secondary N) is 1. The molecule has 0 radical (unpaired) electrons. The van der Waals surface area contributed by atoms with E-state index in [2.05, 4.69) is 5.32 Å². The second-order valence-corrected chi connectivity index (χ2v) is 8.15. The molecule has 2 atom stereocenters. The van der Waals surface area contributed by atoms with Gasteiger partial charge in [-0.1, -0.05) is 72.8 Å². The van der Waals surface area contributed by atoms with Gasteiger partial charge in [-0.25, -0.2) is 9.69 Å². The van der Waals surface area contributed by atoms with Crippen molar-refractivity contribution >= 4 is 17.9 Å². The van der Waals surface area contributed by atoms with Crippen LogP contribution in [0.25, 0.3) is 0 Å². The number of amides is 3. The number of benzene rings is 3. The Balaban J connectivity index is 1.64. The van der Waals surface area contributed by atoms with Gasteiger partial charge >= 0.3 is 6.09 Å². The fourth-order valence-electron chi connectivity index (χ4n) is 4.06. The molecule has 0 aromatic heterocycles. The Labute approximate surface area is 198 Å². The van der Waals surface area contributed by atoms with Gasteiger partial charge in [-0.15, -0.1) is 0 Å². The molecule has 34 heavy (non-hydrogen) atoms. The SMILES string of the molecule is COc1cccc(CNC(=O)[C@@]2(Cc3ccccc3)OC(=O)N([C@H](C)c3ccccc3)C2=O)c1. The molecule has 3 amide bonds. The number of imide groups is 1. The molecule has 0 aliphatic carbocycles. The summed E-state index contributed by atoms with van der Waals surface area (Å²) < 4.78 is 10.8. The molecule has 7 nitrogen and oxygen atoms in total. The highest BCUT2D eigenvalue weighted by atomic mass is 16.6. The minimum Gasteiger partial charge on any atom is -0.497 e. The Morgan fingerprint density at radius 3 is 2.29 bits per heavy atom. The van der Waals surface area contributed by atoms with Gasteiger partial charge in [0.25, 0.3) is 17.4 Å². The van der Waals surface area contributed by atoms with E-state index in [-0.39, 0.29) is 13.0 Å². The summed E-state index contributed by atoms with van der Waals surface area (Å²) in [5, 5.41) is 2.78. The number of cyclic esters (lactones) is 1. The molecule has 3 aromatic carbocycles. The monoisotopic (exact) mass is 458 g/mol. The van der Waals surface area contributed by atoms with Crippen LogP contribution in [-0.4, -0.2) is 35.5 Å². The third-order valence-corrected chi connectivity index (χ3v) is 5.94. The zero-order valence-electron chi connectivity index (χ0n) is 19.1. The minimum absolute atomic E-state index is 0.0691. The molecule has 0 bridgehead atoms. The average Bonchev–Trinajstić information content (AvgIpc) is 3.13. The van der Waals surface area contributed by atoms with Gasteiger partial charge in [0, 0.05) is 13.0 Å². The van der Waals surface area contributed by atoms with Crippen LogP contribution >= 0.6 is 0 Å². The van der Waals surface area contributed by atoms with Crippen LogP contribution in [0.4, 0.5) is 4.79 Å². The fourth-order valence-corrected chi connectivity index (χ4v) is 4.06. The summed E-state index contributed by atoms with van der Waals surface area (Å²) in [6.07, 6.45) is -0.908. The van der Waals surface area contributed by atoms with Crippen molar-refractivity contribution in [2.24, 2.45) is 0 Å². The van der Waals surface area contributed by atoms with Crippen molar-refractivity contribution in [3.8, 4) is 5.75 Å². The number of methoxy groups -OCH3 is 1. The lowest BCUT2D eigenvalue weighted by Crippen LogP contribution is -2.55. The lowest BCUT2D eigenvalue weighted by Gasteiger charge is -2.25. The van der Waals surface area contributed by atoms with Crippen LogP contribution in [0.15, 0.2) is 84.9 Å². The normalized spacial score (nSPS) is 18.4. The fraction of sp³-hybridized carbons (Fsp3) is 0.222. The molecule has 0 unspecified atom stereocenters. The third kappa shape index (κ3) is 4.50. The summed E-state index contributed by atoms with van der Waals surface area (Å²) in [7, 11) is 1.56. The van der Waals surface area contributed by atoms with Crippen LogP contribution < -0.4 is 10.1 Å². The quantitative estimate of drug-likeness (QED) is 0.515. The van der Waals surface area contributed by atoms with Crippen molar-refractivity contribution < 1.29 is 23.9 Å². The predicted molar refractivity (Wildman–Crippen MR) is 126 cm³/mol. The number of ether oxygens (including phenoxy) is 2. The number of carbonyl (C=O) groups is 3. The molecule has 3 aromatic rings. The van der Waals surface area contributed by atoms with E-state index in [1.54, 1.807) is 38.3 Å². The largest absolute Gasteiger partial charge is 0.497 e. The lowest BCUT2D eigenvalue weighted by atomic mass is 9.91. The summed E-state index contributed by atoms with van der Waals surface area (Å²) in [6, 6.07) is 24.8. The van der Waals surface area contributed by atoms with Gasteiger partial charge in [0.2, 0.25) is 0 Å². The van der Waals surface area contributed by atoms with Gasteiger partial charge in [0.15, 0.2) is 0 Å². The Hall–Kier alpha value is -4.13. The highest BCUT2D eigenvalue weighted by Gasteiger charge is 2.60. The van der Waals surface area contributed by atoms with Crippen LogP contribution in [0.1, 0.15) is 29.7 Å². The van der Waals surface area contributed by atoms with E-state index in [1.807, 2.05) is 60.7 Å². The Morgan fingerprint density at radius 1 is 0.971 bits per heavy atom. The lowest BCUT2D eigenvalue weighted by molar-refractivity contribution is -0.150. The third-order valence-electron chi connectivity index (χ3n) is 5.94. The van der Waals surface area contributed by atoms with E-state index in [0.29, 0.717) is 11.3 Å². The number of hydrogen-bond acceptors (Lipinski definition) is 5. The van der Waals surface area contributed by atoms with Gasteiger partial charge in [0.1, 0.15) is 5.75 Å². The van der Waals surface area contributed by atoms with Crippen LogP contribution in [0.5, 0.6) is 5.75 Å². The van der Waals surface area contributed by atoms with Crippen molar-refractivity contribution in [1.29, 1.82) is 0 Å². The van der Waals surface area contributed by atoms with Gasteiger partial charge in [0.05, 0.1) is 13.2 Å². The van der Waals surface area contributed by atoms with Crippen molar-refractivity contribution in [3.05, 3.63) is 102 Å². The number of rotatable bonds is 8. The van der Waals surface area contributed by atoms with Crippen LogP contribution in [0, 0.1) is 0 Å². The summed E-state index contributed by atoms with van der Waals surface area (Å²) >= 11 is 0. The summed E-state index contributed by atoms with van der Waals surface area (Å²) in [5.74, 6) is -0.696. The van der Waals surface area contributed by atoms with E-state index < -0.39 is 29.6 Å². The van der Waals surface area contributed by atoms with Gasteiger partial charge in [-0.2, -0.15) is 0 Å². The van der Waals surface area contributed by atoms with E-state index in [4.69, 9.17) is 9.47 Å². The first kappa shape index (κ1) is 23.0. The molecule has 0 saturated carbocycles. The predicted octanol–water partition coefficient (Wildman–Crippen LogP) is 4.03. The first-order valence-corrected chi connectivity index (χ1v) is 11.0. The molecule has 1 saturated heterocycles. The number of hydrogen-bond donors (Lipinski definition) is 1. The van der Waals surface area contributed by atoms with E-state index in [0.717, 1.165) is 16.0 Å². The Morgan fingerprint density at radius 2 is 1.62 bits per heavy atom. The maximum absolute atomic E-state index is 13.7. The minimum atomic E-state index is -2.00. The van der Waals surface area contributed by atoms with Crippen molar-refractivity contribution in [2.45, 2.75) is 31.5 Å². The molecule has 1 aliphatic rings. The molecule has 1 fully saturated rings. The standard InChI is InChI=1S/C27H26N2O5/c1-19(22-13-7-4-8-14-22)29-25(31)27(34-26(29)32,17-20-10-5-3-6-11-20)24(30)28-18-21-12-9-15-23(16-21)33-2/h3-16,19H,17-18H2,1-2H3,(H,28,30)/t19-,27-/m1/s1. The molecule has 1 heterocycles. The van der Waals surface area contributed by atoms with Gasteiger partial charge in [-0.3, -0.25) is 9.59 Å². The van der Waals surface area contributed by atoms with Crippen molar-refractivity contribution in [2.75, 3.05) is 7.11 Å². The molecule has 1 N–H and O–H groups in total. The average molecular weight is 459 g/mol. The van der Waals surface area contributed by atoms with E-state index in [1.165, 1.54) is 0 Å². The summed E-state index contributed by atoms with van der Waals surface area (Å²) in [4.78, 5) is 41.2. The topological polar surface area (TPSA) is 84.9 Å². The molecule has 7 heteroatoms. The highest BCUT2D eigenvalue weighted by Crippen LogP contribution is 2.35. The maximum atomic E-state index is 13.7. The van der Waals surface area contributed by atoms with Crippen molar-refractivity contribution in [3.63, 3.8) is 0 Å². The van der Waals surface area contributed by atoms with Gasteiger partial charge < -0.3 is 14.8 Å². The second kappa shape index (κ2) is 9.79. The Bertz CT molecular complexity index is 1180. The first-order valence-electron chi connectivity index (χ1n) is 11.0. The zero-order chi connectivity index (χ0) is 24.1. The second-order valence-electron chi connectivity index (χ2n) is 8.15. The smallest absolute Gasteiger partial charge is 0.418 e. The molecular weight excluding hydrogens is 432 g/mol. The van der Waals surface area contributed by atoms with E-state index in [9.17, 15) is 14.4 Å². The van der Waals surface area contributed by atoms with Crippen LogP contribution in [0.3, 0.4) is 0 Å². The first-order chi connectivity index (χ1) is 16.4. The maximum Gasteiger partial charge on any atom is 0.418 e. The van der Waals surface area contributed by atoms with Crippen LogP contribution in [0.2, 0.25) is 0 Å².